The number of nitrogens with zero attached hydrogens (tertiary/aromatic N) is 6. The summed E-state index contributed by atoms with van der Waals surface area (Å²) in [5.41, 5.74) is 7.73. The van der Waals surface area contributed by atoms with Crippen LogP contribution in [0.5, 0.6) is 0 Å². The van der Waals surface area contributed by atoms with Crippen LogP contribution >= 0.6 is 0 Å². The first kappa shape index (κ1) is 25.6. The molecule has 3 heterocycles. The van der Waals surface area contributed by atoms with E-state index in [1.54, 1.807) is 0 Å². The van der Waals surface area contributed by atoms with Gasteiger partial charge in [0, 0.05) is 44.5 Å². The minimum absolute atomic E-state index is 0.0617. The van der Waals surface area contributed by atoms with Gasteiger partial charge in [-0.05, 0) is 70.4 Å². The summed E-state index contributed by atoms with van der Waals surface area (Å²) >= 11 is 0. The zero-order chi connectivity index (χ0) is 26.8. The molecule has 3 aromatic rings. The molecule has 0 unspecified atom stereocenters. The van der Waals surface area contributed by atoms with Gasteiger partial charge >= 0.3 is 0 Å². The van der Waals surface area contributed by atoms with E-state index in [9.17, 15) is 0 Å². The van der Waals surface area contributed by atoms with Crippen molar-refractivity contribution in [3.05, 3.63) is 47.2 Å². The zero-order valence-electron chi connectivity index (χ0n) is 24.1. The lowest BCUT2D eigenvalue weighted by Crippen LogP contribution is -2.42. The Labute approximate surface area is 222 Å². The normalized spacial score (nSPS) is 19.2. The summed E-state index contributed by atoms with van der Waals surface area (Å²) in [7, 11) is 3.94. The molecule has 2 aromatic heterocycles. The molecule has 0 N–H and O–H groups in total. The molecule has 6 heteroatoms. The second kappa shape index (κ2) is 8.78. The van der Waals surface area contributed by atoms with E-state index in [1.165, 1.54) is 35.1 Å². The van der Waals surface area contributed by atoms with Crippen LogP contribution in [-0.4, -0.2) is 47.1 Å². The molecule has 0 atom stereocenters. The van der Waals surface area contributed by atoms with E-state index in [0.717, 1.165) is 36.7 Å². The molecule has 1 saturated heterocycles. The van der Waals surface area contributed by atoms with Crippen LogP contribution in [0.2, 0.25) is 0 Å². The van der Waals surface area contributed by atoms with E-state index in [0.29, 0.717) is 11.8 Å². The molecule has 37 heavy (non-hydrogen) atoms. The number of fused-ring (bicyclic) bond motifs is 1. The molecule has 0 amide bonds. The third-order valence-electron chi connectivity index (χ3n) is 9.79. The topological polar surface area (TPSA) is 58.0 Å². The first-order valence-electron chi connectivity index (χ1n) is 13.7. The standard InChI is InChI=1S/C31H42N6/c1-10-20-17-23-24(30(4,5)31(6,7)29(23,2)3)18-22(20)25-14-13-21(19-32-25)26-33-27(36(8)9)35-28(34-26)37-15-11-12-16-37/h13-14,17-19H,10-12,15-16H2,1-9H3. The Kier molecular flexibility index (Phi) is 6.08. The quantitative estimate of drug-likeness (QED) is 0.404. The van der Waals surface area contributed by atoms with E-state index >= 15 is 0 Å². The monoisotopic (exact) mass is 498 g/mol. The molecule has 0 radical (unpaired) electrons. The van der Waals surface area contributed by atoms with Gasteiger partial charge in [-0.2, -0.15) is 15.0 Å². The van der Waals surface area contributed by atoms with Crippen LogP contribution in [-0.2, 0) is 17.3 Å². The highest BCUT2D eigenvalue weighted by atomic mass is 15.3. The van der Waals surface area contributed by atoms with E-state index in [2.05, 4.69) is 77.6 Å². The number of hydrogen-bond acceptors (Lipinski definition) is 6. The highest BCUT2D eigenvalue weighted by Gasteiger charge is 2.56. The number of aryl methyl sites for hydroxylation is 1. The fraction of sp³-hybridized carbons (Fsp3) is 0.548. The first-order chi connectivity index (χ1) is 17.4. The van der Waals surface area contributed by atoms with Crippen LogP contribution in [0.15, 0.2) is 30.5 Å². The molecular formula is C31H42N6. The molecule has 1 aliphatic carbocycles. The van der Waals surface area contributed by atoms with Gasteiger partial charge in [-0.3, -0.25) is 4.98 Å². The molecule has 0 bridgehead atoms. The fourth-order valence-corrected chi connectivity index (χ4v) is 6.09. The first-order valence-corrected chi connectivity index (χ1v) is 13.7. The molecule has 1 aliphatic heterocycles. The highest BCUT2D eigenvalue weighted by Crippen LogP contribution is 2.62. The lowest BCUT2D eigenvalue weighted by atomic mass is 9.59. The smallest absolute Gasteiger partial charge is 0.230 e. The van der Waals surface area contributed by atoms with Crippen LogP contribution in [0, 0.1) is 5.41 Å². The predicted molar refractivity (Wildman–Crippen MR) is 153 cm³/mol. The fourth-order valence-electron chi connectivity index (χ4n) is 6.09. The number of anilines is 2. The van der Waals surface area contributed by atoms with Gasteiger partial charge in [-0.25, -0.2) is 0 Å². The molecule has 5 rings (SSSR count). The van der Waals surface area contributed by atoms with Gasteiger partial charge in [-0.15, -0.1) is 0 Å². The minimum Gasteiger partial charge on any atom is -0.347 e. The molecule has 0 spiro atoms. The Hall–Kier alpha value is -3.02. The van der Waals surface area contributed by atoms with Crippen molar-refractivity contribution in [3.63, 3.8) is 0 Å². The average molecular weight is 499 g/mol. The van der Waals surface area contributed by atoms with Crippen molar-refractivity contribution in [2.24, 2.45) is 5.41 Å². The number of aromatic nitrogens is 4. The van der Waals surface area contributed by atoms with E-state index < -0.39 is 0 Å². The number of benzene rings is 1. The lowest BCUT2D eigenvalue weighted by molar-refractivity contribution is 0.125. The van der Waals surface area contributed by atoms with E-state index in [-0.39, 0.29) is 16.2 Å². The van der Waals surface area contributed by atoms with Crippen molar-refractivity contribution in [1.29, 1.82) is 0 Å². The maximum atomic E-state index is 4.95. The number of pyridine rings is 1. The summed E-state index contributed by atoms with van der Waals surface area (Å²) in [4.78, 5) is 23.4. The summed E-state index contributed by atoms with van der Waals surface area (Å²) in [5.74, 6) is 2.11. The van der Waals surface area contributed by atoms with Gasteiger partial charge < -0.3 is 9.80 Å². The summed E-state index contributed by atoms with van der Waals surface area (Å²) in [6.45, 7) is 18.7. The third-order valence-corrected chi connectivity index (χ3v) is 9.79. The van der Waals surface area contributed by atoms with Crippen LogP contribution in [0.3, 0.4) is 0 Å². The Balaban J connectivity index is 1.56. The Bertz CT molecular complexity index is 1310. The van der Waals surface area contributed by atoms with Crippen molar-refractivity contribution < 1.29 is 0 Å². The van der Waals surface area contributed by atoms with E-state index in [1.807, 2.05) is 25.2 Å². The van der Waals surface area contributed by atoms with Gasteiger partial charge in [-0.1, -0.05) is 54.5 Å². The lowest BCUT2D eigenvalue weighted by Gasteiger charge is -2.44. The minimum atomic E-state index is 0.0617. The van der Waals surface area contributed by atoms with Crippen LogP contribution in [0.4, 0.5) is 11.9 Å². The summed E-state index contributed by atoms with van der Waals surface area (Å²) < 4.78 is 0. The van der Waals surface area contributed by atoms with Crippen molar-refractivity contribution >= 4 is 11.9 Å². The molecule has 1 aromatic carbocycles. The highest BCUT2D eigenvalue weighted by molar-refractivity contribution is 5.70. The molecular weight excluding hydrogens is 456 g/mol. The maximum Gasteiger partial charge on any atom is 0.230 e. The molecule has 6 nitrogen and oxygen atoms in total. The second-order valence-electron chi connectivity index (χ2n) is 12.6. The number of rotatable bonds is 5. The van der Waals surface area contributed by atoms with Gasteiger partial charge in [0.1, 0.15) is 0 Å². The van der Waals surface area contributed by atoms with Gasteiger partial charge in [0.05, 0.1) is 5.69 Å². The molecule has 0 saturated carbocycles. The Morgan fingerprint density at radius 1 is 0.865 bits per heavy atom. The van der Waals surface area contributed by atoms with Crippen molar-refractivity contribution in [1.82, 2.24) is 19.9 Å². The maximum absolute atomic E-state index is 4.95. The Morgan fingerprint density at radius 3 is 2.08 bits per heavy atom. The molecule has 2 aliphatic rings. The summed E-state index contributed by atoms with van der Waals surface area (Å²) in [6.07, 6.45) is 5.26. The zero-order valence-corrected chi connectivity index (χ0v) is 24.1. The molecule has 1 fully saturated rings. The van der Waals surface area contributed by atoms with Gasteiger partial charge in [0.2, 0.25) is 11.9 Å². The molecule has 196 valence electrons. The average Bonchev–Trinajstić information content (AvgIpc) is 3.45. The Morgan fingerprint density at radius 2 is 1.51 bits per heavy atom. The van der Waals surface area contributed by atoms with Crippen LogP contribution in [0.25, 0.3) is 22.6 Å². The van der Waals surface area contributed by atoms with Crippen LogP contribution < -0.4 is 9.80 Å². The predicted octanol–water partition coefficient (Wildman–Crippen LogP) is 6.42. The van der Waals surface area contributed by atoms with Gasteiger partial charge in [0.25, 0.3) is 0 Å². The second-order valence-corrected chi connectivity index (χ2v) is 12.6. The van der Waals surface area contributed by atoms with Crippen LogP contribution in [0.1, 0.15) is 78.0 Å². The number of hydrogen-bond donors (Lipinski definition) is 0. The summed E-state index contributed by atoms with van der Waals surface area (Å²) in [6, 6.07) is 9.11. The van der Waals surface area contributed by atoms with E-state index in [4.69, 9.17) is 19.9 Å². The summed E-state index contributed by atoms with van der Waals surface area (Å²) in [5, 5.41) is 0. The SMILES string of the molecule is CCc1cc2c(cc1-c1ccc(-c3nc(N(C)C)nc(N4CCCC4)n3)cn1)C(C)(C)C(C)(C)C2(C)C. The van der Waals surface area contributed by atoms with Crippen molar-refractivity contribution in [3.8, 4) is 22.6 Å². The van der Waals surface area contributed by atoms with Gasteiger partial charge in [0.15, 0.2) is 5.82 Å². The largest absolute Gasteiger partial charge is 0.347 e. The van der Waals surface area contributed by atoms with Crippen molar-refractivity contribution in [2.75, 3.05) is 37.0 Å². The third kappa shape index (κ3) is 3.91. The van der Waals surface area contributed by atoms with Crippen molar-refractivity contribution in [2.45, 2.75) is 78.6 Å².